The molecule has 0 aromatic rings. The number of hydrogen-bond donors (Lipinski definition) is 1. The molecule has 0 fully saturated rings. The molecule has 1 N–H and O–H groups in total. The Morgan fingerprint density at radius 1 is 1.60 bits per heavy atom. The molecule has 0 bridgehead atoms. The first-order valence-corrected chi connectivity index (χ1v) is 3.90. The molecule has 0 amide bonds. The van der Waals surface area contributed by atoms with Crippen molar-refractivity contribution in [3.63, 3.8) is 0 Å². The van der Waals surface area contributed by atoms with Crippen LogP contribution in [0, 0.1) is 5.92 Å². The molecule has 2 unspecified atom stereocenters. The second-order valence-corrected chi connectivity index (χ2v) is 3.11. The standard InChI is InChI=1S/C9H18O/c1-5-8(4)9(10)6-7(2)3/h8-10H,2,5-6H2,1,3-4H3. The van der Waals surface area contributed by atoms with Crippen LogP contribution in [0.25, 0.3) is 0 Å². The summed E-state index contributed by atoms with van der Waals surface area (Å²) in [6.07, 6.45) is 1.59. The van der Waals surface area contributed by atoms with Gasteiger partial charge in [-0.25, -0.2) is 0 Å². The molecule has 0 radical (unpaired) electrons. The fraction of sp³-hybridized carbons (Fsp3) is 0.778. The highest BCUT2D eigenvalue weighted by molar-refractivity contribution is 4.91. The molecule has 0 aliphatic carbocycles. The summed E-state index contributed by atoms with van der Waals surface area (Å²) in [6, 6.07) is 0. The Kier molecular flexibility index (Phi) is 4.37. The van der Waals surface area contributed by atoms with Gasteiger partial charge >= 0.3 is 0 Å². The molecule has 0 aliphatic rings. The number of hydrogen-bond acceptors (Lipinski definition) is 1. The summed E-state index contributed by atoms with van der Waals surface area (Å²) in [6.45, 7) is 9.85. The van der Waals surface area contributed by atoms with E-state index >= 15 is 0 Å². The van der Waals surface area contributed by atoms with Crippen molar-refractivity contribution in [2.45, 2.75) is 39.7 Å². The molecule has 0 saturated heterocycles. The number of aliphatic hydroxyl groups excluding tert-OH is 1. The van der Waals surface area contributed by atoms with Crippen LogP contribution in [0.2, 0.25) is 0 Å². The van der Waals surface area contributed by atoms with Crippen molar-refractivity contribution in [1.29, 1.82) is 0 Å². The Labute approximate surface area is 63.8 Å². The predicted octanol–water partition coefficient (Wildman–Crippen LogP) is 2.36. The van der Waals surface area contributed by atoms with Crippen molar-refractivity contribution >= 4 is 0 Å². The van der Waals surface area contributed by atoms with Gasteiger partial charge < -0.3 is 5.11 Å². The fourth-order valence-corrected chi connectivity index (χ4v) is 0.830. The summed E-state index contributed by atoms with van der Waals surface area (Å²) >= 11 is 0. The Balaban J connectivity index is 3.61. The van der Waals surface area contributed by atoms with E-state index in [0.29, 0.717) is 5.92 Å². The third kappa shape index (κ3) is 3.67. The van der Waals surface area contributed by atoms with Gasteiger partial charge in [0, 0.05) is 0 Å². The number of rotatable bonds is 4. The second-order valence-electron chi connectivity index (χ2n) is 3.11. The first-order valence-electron chi connectivity index (χ1n) is 3.90. The summed E-state index contributed by atoms with van der Waals surface area (Å²) < 4.78 is 0. The van der Waals surface area contributed by atoms with E-state index in [-0.39, 0.29) is 6.10 Å². The maximum atomic E-state index is 9.43. The smallest absolute Gasteiger partial charge is 0.0602 e. The molecule has 0 heterocycles. The first kappa shape index (κ1) is 9.70. The van der Waals surface area contributed by atoms with Gasteiger partial charge in [0.1, 0.15) is 0 Å². The van der Waals surface area contributed by atoms with E-state index in [1.54, 1.807) is 0 Å². The molecule has 0 spiro atoms. The summed E-state index contributed by atoms with van der Waals surface area (Å²) in [5, 5.41) is 9.43. The van der Waals surface area contributed by atoms with Gasteiger partial charge in [0.15, 0.2) is 0 Å². The van der Waals surface area contributed by atoms with Gasteiger partial charge in [-0.1, -0.05) is 25.8 Å². The zero-order valence-corrected chi connectivity index (χ0v) is 7.22. The second kappa shape index (κ2) is 4.51. The van der Waals surface area contributed by atoms with Gasteiger partial charge in [-0.15, -0.1) is 6.58 Å². The zero-order chi connectivity index (χ0) is 8.15. The van der Waals surface area contributed by atoms with Crippen LogP contribution in [0.4, 0.5) is 0 Å². The highest BCUT2D eigenvalue weighted by atomic mass is 16.3. The van der Waals surface area contributed by atoms with Gasteiger partial charge in [-0.05, 0) is 19.3 Å². The Bertz CT molecular complexity index is 107. The van der Waals surface area contributed by atoms with Crippen LogP contribution < -0.4 is 0 Å². The molecule has 2 atom stereocenters. The summed E-state index contributed by atoms with van der Waals surface area (Å²) in [4.78, 5) is 0. The van der Waals surface area contributed by atoms with E-state index < -0.39 is 0 Å². The Hall–Kier alpha value is -0.300. The van der Waals surface area contributed by atoms with Crippen LogP contribution in [0.5, 0.6) is 0 Å². The van der Waals surface area contributed by atoms with E-state index in [1.165, 1.54) is 0 Å². The fourth-order valence-electron chi connectivity index (χ4n) is 0.830. The normalized spacial score (nSPS) is 16.4. The minimum Gasteiger partial charge on any atom is -0.393 e. The van der Waals surface area contributed by atoms with E-state index in [4.69, 9.17) is 0 Å². The minimum atomic E-state index is -0.192. The van der Waals surface area contributed by atoms with Crippen LogP contribution in [0.3, 0.4) is 0 Å². The molecule has 0 rings (SSSR count). The van der Waals surface area contributed by atoms with E-state index in [2.05, 4.69) is 20.4 Å². The van der Waals surface area contributed by atoms with Gasteiger partial charge in [-0.3, -0.25) is 0 Å². The molecule has 0 aliphatic heterocycles. The van der Waals surface area contributed by atoms with Crippen molar-refractivity contribution in [3.8, 4) is 0 Å². The lowest BCUT2D eigenvalue weighted by molar-refractivity contribution is 0.115. The topological polar surface area (TPSA) is 20.2 Å². The SMILES string of the molecule is C=C(C)CC(O)C(C)CC. The van der Waals surface area contributed by atoms with Crippen LogP contribution in [-0.4, -0.2) is 11.2 Å². The highest BCUT2D eigenvalue weighted by Gasteiger charge is 2.10. The van der Waals surface area contributed by atoms with Crippen molar-refractivity contribution in [1.82, 2.24) is 0 Å². The maximum absolute atomic E-state index is 9.43. The summed E-state index contributed by atoms with van der Waals surface area (Å²) in [7, 11) is 0. The molecule has 1 nitrogen and oxygen atoms in total. The lowest BCUT2D eigenvalue weighted by Crippen LogP contribution is -2.16. The van der Waals surface area contributed by atoms with Crippen LogP contribution in [0.1, 0.15) is 33.6 Å². The van der Waals surface area contributed by atoms with Crippen molar-refractivity contribution in [2.24, 2.45) is 5.92 Å². The molecule has 0 aromatic carbocycles. The average Bonchev–Trinajstić information content (AvgIpc) is 1.85. The van der Waals surface area contributed by atoms with E-state index in [1.807, 2.05) is 6.92 Å². The van der Waals surface area contributed by atoms with Crippen LogP contribution in [-0.2, 0) is 0 Å². The van der Waals surface area contributed by atoms with Crippen molar-refractivity contribution < 1.29 is 5.11 Å². The molecular formula is C9H18O. The summed E-state index contributed by atoms with van der Waals surface area (Å²) in [5.41, 5.74) is 1.06. The largest absolute Gasteiger partial charge is 0.393 e. The monoisotopic (exact) mass is 142 g/mol. The minimum absolute atomic E-state index is 0.192. The molecule has 10 heavy (non-hydrogen) atoms. The van der Waals surface area contributed by atoms with Gasteiger partial charge in [0.05, 0.1) is 6.10 Å². The number of aliphatic hydroxyl groups is 1. The van der Waals surface area contributed by atoms with Crippen molar-refractivity contribution in [3.05, 3.63) is 12.2 Å². The third-order valence-corrected chi connectivity index (χ3v) is 1.86. The third-order valence-electron chi connectivity index (χ3n) is 1.86. The molecule has 0 saturated carbocycles. The molecule has 60 valence electrons. The lowest BCUT2D eigenvalue weighted by Gasteiger charge is -2.16. The summed E-state index contributed by atoms with van der Waals surface area (Å²) in [5.74, 6) is 0.400. The first-order chi connectivity index (χ1) is 4.57. The van der Waals surface area contributed by atoms with E-state index in [9.17, 15) is 5.11 Å². The Morgan fingerprint density at radius 2 is 2.10 bits per heavy atom. The van der Waals surface area contributed by atoms with Crippen molar-refractivity contribution in [2.75, 3.05) is 0 Å². The zero-order valence-electron chi connectivity index (χ0n) is 7.22. The molecular weight excluding hydrogens is 124 g/mol. The quantitative estimate of drug-likeness (QED) is 0.597. The van der Waals surface area contributed by atoms with Gasteiger partial charge in [-0.2, -0.15) is 0 Å². The molecule has 1 heteroatoms. The van der Waals surface area contributed by atoms with Gasteiger partial charge in [0.2, 0.25) is 0 Å². The molecule has 0 aromatic heterocycles. The van der Waals surface area contributed by atoms with Gasteiger partial charge in [0.25, 0.3) is 0 Å². The average molecular weight is 142 g/mol. The van der Waals surface area contributed by atoms with E-state index in [0.717, 1.165) is 18.4 Å². The van der Waals surface area contributed by atoms with Crippen LogP contribution in [0.15, 0.2) is 12.2 Å². The predicted molar refractivity (Wildman–Crippen MR) is 44.9 cm³/mol. The Morgan fingerprint density at radius 3 is 2.40 bits per heavy atom. The highest BCUT2D eigenvalue weighted by Crippen LogP contribution is 2.13. The maximum Gasteiger partial charge on any atom is 0.0602 e. The lowest BCUT2D eigenvalue weighted by atomic mass is 9.97. The van der Waals surface area contributed by atoms with Crippen LogP contribution >= 0.6 is 0 Å².